The molecule has 0 aliphatic carbocycles. The van der Waals surface area contributed by atoms with Gasteiger partial charge >= 0.3 is 0 Å². The third kappa shape index (κ3) is 4.43. The van der Waals surface area contributed by atoms with Crippen LogP contribution in [0.1, 0.15) is 40.0 Å². The highest BCUT2D eigenvalue weighted by Crippen LogP contribution is 2.20. The van der Waals surface area contributed by atoms with Crippen LogP contribution in [0.3, 0.4) is 0 Å². The molecule has 0 spiro atoms. The lowest BCUT2D eigenvalue weighted by Crippen LogP contribution is -2.42. The zero-order valence-electron chi connectivity index (χ0n) is 10.3. The Balaban J connectivity index is 2.23. The topological polar surface area (TPSA) is 15.3 Å². The Hall–Kier alpha value is -0.0800. The fourth-order valence-corrected chi connectivity index (χ4v) is 1.94. The maximum absolute atomic E-state index is 3.42. The van der Waals surface area contributed by atoms with E-state index in [0.29, 0.717) is 5.41 Å². The predicted molar refractivity (Wildman–Crippen MR) is 62.6 cm³/mol. The molecule has 1 fully saturated rings. The van der Waals surface area contributed by atoms with Gasteiger partial charge in [0.1, 0.15) is 0 Å². The number of nitrogens with one attached hydrogen (secondary N) is 1. The van der Waals surface area contributed by atoms with Gasteiger partial charge in [-0.2, -0.15) is 0 Å². The molecule has 1 aliphatic rings. The zero-order valence-corrected chi connectivity index (χ0v) is 10.3. The van der Waals surface area contributed by atoms with Crippen LogP contribution in [-0.4, -0.2) is 37.6 Å². The molecule has 84 valence electrons. The van der Waals surface area contributed by atoms with E-state index in [-0.39, 0.29) is 0 Å². The minimum atomic E-state index is 0.473. The normalized spacial score (nSPS) is 20.4. The standard InChI is InChI=1S/C12H26N2/c1-12(2,3)7-10-14(4)11-5-8-13-9-6-11/h11,13H,5-10H2,1-4H3. The van der Waals surface area contributed by atoms with E-state index in [2.05, 4.69) is 38.0 Å². The number of nitrogens with zero attached hydrogens (tertiary/aromatic N) is 1. The van der Waals surface area contributed by atoms with Gasteiger partial charge in [-0.15, -0.1) is 0 Å². The van der Waals surface area contributed by atoms with E-state index in [1.807, 2.05) is 0 Å². The van der Waals surface area contributed by atoms with Crippen LogP contribution >= 0.6 is 0 Å². The molecule has 2 heteroatoms. The molecule has 1 rings (SSSR count). The molecule has 1 aliphatic heterocycles. The summed E-state index contributed by atoms with van der Waals surface area (Å²) in [6.45, 7) is 10.6. The number of hydrogen-bond acceptors (Lipinski definition) is 2. The maximum Gasteiger partial charge on any atom is 0.0116 e. The van der Waals surface area contributed by atoms with E-state index in [1.54, 1.807) is 0 Å². The summed E-state index contributed by atoms with van der Waals surface area (Å²) in [7, 11) is 2.28. The summed E-state index contributed by atoms with van der Waals surface area (Å²) < 4.78 is 0. The van der Waals surface area contributed by atoms with Crippen molar-refractivity contribution in [1.29, 1.82) is 0 Å². The first-order valence-corrected chi connectivity index (χ1v) is 5.90. The largest absolute Gasteiger partial charge is 0.317 e. The Labute approximate surface area is 89.1 Å². The molecule has 0 aromatic carbocycles. The Morgan fingerprint density at radius 2 is 1.79 bits per heavy atom. The first-order chi connectivity index (χ1) is 6.49. The quantitative estimate of drug-likeness (QED) is 0.747. The molecule has 0 aromatic heterocycles. The van der Waals surface area contributed by atoms with Gasteiger partial charge in [0.25, 0.3) is 0 Å². The Morgan fingerprint density at radius 3 is 2.29 bits per heavy atom. The van der Waals surface area contributed by atoms with Crippen molar-refractivity contribution >= 4 is 0 Å². The van der Waals surface area contributed by atoms with Crippen LogP contribution in [0.15, 0.2) is 0 Å². The van der Waals surface area contributed by atoms with Crippen LogP contribution in [0.2, 0.25) is 0 Å². The first kappa shape index (κ1) is 12.0. The molecule has 0 aromatic rings. The van der Waals surface area contributed by atoms with Gasteiger partial charge < -0.3 is 10.2 Å². The number of rotatable bonds is 3. The van der Waals surface area contributed by atoms with Gasteiger partial charge in [0.15, 0.2) is 0 Å². The summed E-state index contributed by atoms with van der Waals surface area (Å²) in [4.78, 5) is 2.55. The minimum Gasteiger partial charge on any atom is -0.317 e. The predicted octanol–water partition coefficient (Wildman–Crippen LogP) is 2.11. The van der Waals surface area contributed by atoms with Crippen molar-refractivity contribution in [3.8, 4) is 0 Å². The second kappa shape index (κ2) is 5.13. The van der Waals surface area contributed by atoms with Crippen molar-refractivity contribution in [3.63, 3.8) is 0 Å². The van der Waals surface area contributed by atoms with Crippen LogP contribution in [0, 0.1) is 5.41 Å². The van der Waals surface area contributed by atoms with E-state index < -0.39 is 0 Å². The van der Waals surface area contributed by atoms with Gasteiger partial charge in [-0.25, -0.2) is 0 Å². The molecule has 0 unspecified atom stereocenters. The van der Waals surface area contributed by atoms with Gasteiger partial charge in [-0.05, 0) is 51.4 Å². The zero-order chi connectivity index (χ0) is 10.6. The SMILES string of the molecule is CN(CCC(C)(C)C)C1CCNCC1. The summed E-state index contributed by atoms with van der Waals surface area (Å²) in [6.07, 6.45) is 3.94. The van der Waals surface area contributed by atoms with Crippen LogP contribution in [0.4, 0.5) is 0 Å². The van der Waals surface area contributed by atoms with Crippen molar-refractivity contribution in [2.45, 2.75) is 46.1 Å². The smallest absolute Gasteiger partial charge is 0.0116 e. The van der Waals surface area contributed by atoms with Gasteiger partial charge in [0.05, 0.1) is 0 Å². The molecular formula is C12H26N2. The van der Waals surface area contributed by atoms with Crippen LogP contribution < -0.4 is 5.32 Å². The molecular weight excluding hydrogens is 172 g/mol. The lowest BCUT2D eigenvalue weighted by molar-refractivity contribution is 0.175. The van der Waals surface area contributed by atoms with Gasteiger partial charge in [-0.1, -0.05) is 20.8 Å². The fraction of sp³-hybridized carbons (Fsp3) is 1.00. The molecule has 0 amide bonds. The van der Waals surface area contributed by atoms with E-state index in [1.165, 1.54) is 38.9 Å². The molecule has 14 heavy (non-hydrogen) atoms. The van der Waals surface area contributed by atoms with E-state index in [4.69, 9.17) is 0 Å². The highest BCUT2D eigenvalue weighted by molar-refractivity contribution is 4.76. The second-order valence-electron chi connectivity index (χ2n) is 5.77. The molecule has 2 nitrogen and oxygen atoms in total. The van der Waals surface area contributed by atoms with E-state index in [0.717, 1.165) is 6.04 Å². The summed E-state index contributed by atoms with van der Waals surface area (Å²) in [5, 5.41) is 3.42. The van der Waals surface area contributed by atoms with E-state index >= 15 is 0 Å². The van der Waals surface area contributed by atoms with Crippen molar-refractivity contribution in [2.75, 3.05) is 26.7 Å². The van der Waals surface area contributed by atoms with Gasteiger partial charge in [-0.3, -0.25) is 0 Å². The summed E-state index contributed by atoms with van der Waals surface area (Å²) >= 11 is 0. The van der Waals surface area contributed by atoms with Crippen molar-refractivity contribution in [1.82, 2.24) is 10.2 Å². The summed E-state index contributed by atoms with van der Waals surface area (Å²) in [5.74, 6) is 0. The molecule has 0 saturated carbocycles. The molecule has 0 atom stereocenters. The van der Waals surface area contributed by atoms with Crippen LogP contribution in [0.5, 0.6) is 0 Å². The second-order valence-corrected chi connectivity index (χ2v) is 5.77. The lowest BCUT2D eigenvalue weighted by Gasteiger charge is -2.33. The van der Waals surface area contributed by atoms with Crippen molar-refractivity contribution in [2.24, 2.45) is 5.41 Å². The third-order valence-corrected chi connectivity index (χ3v) is 3.15. The minimum absolute atomic E-state index is 0.473. The third-order valence-electron chi connectivity index (χ3n) is 3.15. The van der Waals surface area contributed by atoms with E-state index in [9.17, 15) is 0 Å². The Morgan fingerprint density at radius 1 is 1.21 bits per heavy atom. The Kier molecular flexibility index (Phi) is 4.39. The molecule has 1 N–H and O–H groups in total. The Bertz CT molecular complexity index is 154. The molecule has 0 radical (unpaired) electrons. The van der Waals surface area contributed by atoms with Crippen molar-refractivity contribution < 1.29 is 0 Å². The fourth-order valence-electron chi connectivity index (χ4n) is 1.94. The summed E-state index contributed by atoms with van der Waals surface area (Å²) in [6, 6.07) is 0.818. The molecule has 1 saturated heterocycles. The average Bonchev–Trinajstić information content (AvgIpc) is 2.14. The molecule has 0 bridgehead atoms. The molecule has 1 heterocycles. The van der Waals surface area contributed by atoms with Crippen molar-refractivity contribution in [3.05, 3.63) is 0 Å². The van der Waals surface area contributed by atoms with Gasteiger partial charge in [0.2, 0.25) is 0 Å². The monoisotopic (exact) mass is 198 g/mol. The van der Waals surface area contributed by atoms with Crippen LogP contribution in [-0.2, 0) is 0 Å². The summed E-state index contributed by atoms with van der Waals surface area (Å²) in [5.41, 5.74) is 0.473. The van der Waals surface area contributed by atoms with Gasteiger partial charge in [0, 0.05) is 6.04 Å². The lowest BCUT2D eigenvalue weighted by atomic mass is 9.91. The number of piperidine rings is 1. The number of hydrogen-bond donors (Lipinski definition) is 1. The maximum atomic E-state index is 3.42. The highest BCUT2D eigenvalue weighted by Gasteiger charge is 2.19. The average molecular weight is 198 g/mol. The first-order valence-electron chi connectivity index (χ1n) is 5.90. The highest BCUT2D eigenvalue weighted by atomic mass is 15.1. The van der Waals surface area contributed by atoms with Crippen LogP contribution in [0.25, 0.3) is 0 Å².